The van der Waals surface area contributed by atoms with Crippen LogP contribution in [0.25, 0.3) is 0 Å². The molecule has 0 radical (unpaired) electrons. The molecule has 9 heteroatoms. The normalized spacial score (nSPS) is 11.4. The minimum Gasteiger partial charge on any atom is -0.365 e. The van der Waals surface area contributed by atoms with Crippen LogP contribution < -0.4 is 11.1 Å². The molecule has 2 aromatic heterocycles. The molecule has 0 aliphatic rings. The molecular weight excluding hydrogens is 312 g/mol. The van der Waals surface area contributed by atoms with Crippen LogP contribution in [0.4, 0.5) is 11.6 Å². The fourth-order valence-corrected chi connectivity index (χ4v) is 2.54. The van der Waals surface area contributed by atoms with Crippen LogP contribution in [0.15, 0.2) is 24.8 Å². The molecule has 0 aromatic carbocycles. The van der Waals surface area contributed by atoms with Gasteiger partial charge in [0.05, 0.1) is 6.20 Å². The van der Waals surface area contributed by atoms with Crippen LogP contribution in [0.1, 0.15) is 10.4 Å². The number of rotatable bonds is 8. The number of hydrogen-bond acceptors (Lipinski definition) is 6. The molecule has 0 unspecified atom stereocenters. The molecule has 0 aliphatic heterocycles. The largest absolute Gasteiger partial charge is 0.365 e. The summed E-state index contributed by atoms with van der Waals surface area (Å²) in [4.78, 5) is 19.6. The SMILES string of the molecule is C[Si](C)(C)CCOCn1cc(C(N)=O)c(Nc2cnccn2)n1. The van der Waals surface area contributed by atoms with Gasteiger partial charge in [-0.05, 0) is 6.04 Å². The number of anilines is 2. The van der Waals surface area contributed by atoms with Gasteiger partial charge in [0, 0.05) is 33.3 Å². The third kappa shape index (κ3) is 5.46. The molecule has 0 bridgehead atoms. The average molecular weight is 334 g/mol. The van der Waals surface area contributed by atoms with Crippen LogP contribution in [-0.2, 0) is 11.5 Å². The van der Waals surface area contributed by atoms with Crippen molar-refractivity contribution >= 4 is 25.6 Å². The first-order chi connectivity index (χ1) is 10.8. The Balaban J connectivity index is 2.02. The summed E-state index contributed by atoms with van der Waals surface area (Å²) in [6.45, 7) is 7.82. The van der Waals surface area contributed by atoms with E-state index >= 15 is 0 Å². The molecule has 2 rings (SSSR count). The van der Waals surface area contributed by atoms with Gasteiger partial charge in [0.2, 0.25) is 0 Å². The lowest BCUT2D eigenvalue weighted by Crippen LogP contribution is -2.22. The van der Waals surface area contributed by atoms with Gasteiger partial charge in [0.1, 0.15) is 18.1 Å². The van der Waals surface area contributed by atoms with E-state index < -0.39 is 14.0 Å². The first-order valence-electron chi connectivity index (χ1n) is 7.33. The van der Waals surface area contributed by atoms with E-state index in [0.29, 0.717) is 18.2 Å². The van der Waals surface area contributed by atoms with Gasteiger partial charge in [0.25, 0.3) is 5.91 Å². The summed E-state index contributed by atoms with van der Waals surface area (Å²) < 4.78 is 7.17. The number of carbonyl (C=O) groups excluding carboxylic acids is 1. The highest BCUT2D eigenvalue weighted by Gasteiger charge is 2.15. The highest BCUT2D eigenvalue weighted by molar-refractivity contribution is 6.76. The second-order valence-electron chi connectivity index (χ2n) is 6.36. The van der Waals surface area contributed by atoms with Gasteiger partial charge in [0.15, 0.2) is 5.82 Å². The Morgan fingerprint density at radius 1 is 1.39 bits per heavy atom. The Labute approximate surface area is 136 Å². The first-order valence-corrected chi connectivity index (χ1v) is 11.0. The van der Waals surface area contributed by atoms with E-state index in [-0.39, 0.29) is 12.3 Å². The van der Waals surface area contributed by atoms with Crippen molar-refractivity contribution in [2.45, 2.75) is 32.4 Å². The predicted octanol–water partition coefficient (Wildman–Crippen LogP) is 1.83. The van der Waals surface area contributed by atoms with Crippen LogP contribution in [0.3, 0.4) is 0 Å². The summed E-state index contributed by atoms with van der Waals surface area (Å²) in [5.74, 6) is 0.261. The Morgan fingerprint density at radius 3 is 2.78 bits per heavy atom. The van der Waals surface area contributed by atoms with Gasteiger partial charge >= 0.3 is 0 Å². The van der Waals surface area contributed by atoms with E-state index in [1.54, 1.807) is 23.3 Å². The van der Waals surface area contributed by atoms with Crippen molar-refractivity contribution in [3.05, 3.63) is 30.4 Å². The number of amides is 1. The van der Waals surface area contributed by atoms with E-state index in [2.05, 4.69) is 40.0 Å². The molecule has 0 spiro atoms. The van der Waals surface area contributed by atoms with E-state index in [1.807, 2.05) is 0 Å². The van der Waals surface area contributed by atoms with E-state index in [4.69, 9.17) is 10.5 Å². The molecule has 2 heterocycles. The highest BCUT2D eigenvalue weighted by atomic mass is 28.3. The van der Waals surface area contributed by atoms with E-state index in [9.17, 15) is 4.79 Å². The van der Waals surface area contributed by atoms with Gasteiger partial charge in [-0.25, -0.2) is 9.67 Å². The molecule has 3 N–H and O–H groups in total. The second kappa shape index (κ2) is 7.33. The number of nitrogens with zero attached hydrogens (tertiary/aromatic N) is 4. The Hall–Kier alpha value is -2.26. The lowest BCUT2D eigenvalue weighted by molar-refractivity contribution is 0.0786. The van der Waals surface area contributed by atoms with E-state index in [1.165, 1.54) is 6.20 Å². The molecule has 0 atom stereocenters. The van der Waals surface area contributed by atoms with Gasteiger partial charge in [-0.15, -0.1) is 0 Å². The van der Waals surface area contributed by atoms with Crippen molar-refractivity contribution in [1.29, 1.82) is 0 Å². The topological polar surface area (TPSA) is 108 Å². The van der Waals surface area contributed by atoms with Crippen molar-refractivity contribution < 1.29 is 9.53 Å². The summed E-state index contributed by atoms with van der Waals surface area (Å²) in [6, 6.07) is 1.07. The van der Waals surface area contributed by atoms with Gasteiger partial charge in [-0.1, -0.05) is 19.6 Å². The van der Waals surface area contributed by atoms with Crippen LogP contribution in [0.2, 0.25) is 25.7 Å². The summed E-state index contributed by atoms with van der Waals surface area (Å²) in [5.41, 5.74) is 5.67. The maximum atomic E-state index is 11.5. The molecule has 0 saturated heterocycles. The van der Waals surface area contributed by atoms with Gasteiger partial charge in [-0.2, -0.15) is 5.10 Å². The molecule has 124 valence electrons. The minimum atomic E-state index is -1.13. The summed E-state index contributed by atoms with van der Waals surface area (Å²) in [5, 5.41) is 7.22. The maximum Gasteiger partial charge on any atom is 0.254 e. The standard InChI is InChI=1S/C14H22N6O2Si/c1-23(2,3)7-6-22-10-20-9-11(13(15)21)14(19-20)18-12-8-16-4-5-17-12/h4-5,8-9H,6-7,10H2,1-3H3,(H2,15,21)(H,17,18,19). The average Bonchev–Trinajstić information content (AvgIpc) is 2.87. The van der Waals surface area contributed by atoms with Crippen LogP contribution in [-0.4, -0.2) is 40.3 Å². The van der Waals surface area contributed by atoms with Crippen LogP contribution >= 0.6 is 0 Å². The fourth-order valence-electron chi connectivity index (χ4n) is 1.78. The summed E-state index contributed by atoms with van der Waals surface area (Å²) >= 11 is 0. The molecule has 0 saturated carbocycles. The Bertz CT molecular complexity index is 653. The number of aromatic nitrogens is 4. The third-order valence-electron chi connectivity index (χ3n) is 3.06. The van der Waals surface area contributed by atoms with Crippen molar-refractivity contribution in [1.82, 2.24) is 19.7 Å². The third-order valence-corrected chi connectivity index (χ3v) is 4.76. The molecule has 0 aliphatic carbocycles. The number of nitrogens with two attached hydrogens (primary N) is 1. The number of ether oxygens (including phenoxy) is 1. The van der Waals surface area contributed by atoms with Gasteiger partial charge in [-0.3, -0.25) is 9.78 Å². The lowest BCUT2D eigenvalue weighted by atomic mass is 10.3. The zero-order valence-electron chi connectivity index (χ0n) is 13.6. The summed E-state index contributed by atoms with van der Waals surface area (Å²) in [6.07, 6.45) is 6.21. The first kappa shape index (κ1) is 17.1. The zero-order chi connectivity index (χ0) is 16.9. The Kier molecular flexibility index (Phi) is 5.45. The van der Waals surface area contributed by atoms with Crippen molar-refractivity contribution in [3.63, 3.8) is 0 Å². The summed E-state index contributed by atoms with van der Waals surface area (Å²) in [7, 11) is -1.13. The zero-order valence-corrected chi connectivity index (χ0v) is 14.6. The van der Waals surface area contributed by atoms with Crippen LogP contribution in [0.5, 0.6) is 0 Å². The quantitative estimate of drug-likeness (QED) is 0.563. The monoisotopic (exact) mass is 334 g/mol. The molecule has 1 amide bonds. The minimum absolute atomic E-state index is 0.271. The number of carbonyl (C=O) groups is 1. The highest BCUT2D eigenvalue weighted by Crippen LogP contribution is 2.17. The second-order valence-corrected chi connectivity index (χ2v) is 12.0. The molecule has 2 aromatic rings. The molecule has 8 nitrogen and oxygen atoms in total. The predicted molar refractivity (Wildman–Crippen MR) is 90.2 cm³/mol. The van der Waals surface area contributed by atoms with Gasteiger partial charge < -0.3 is 15.8 Å². The van der Waals surface area contributed by atoms with Crippen molar-refractivity contribution in [2.75, 3.05) is 11.9 Å². The van der Waals surface area contributed by atoms with Crippen LogP contribution in [0, 0.1) is 0 Å². The number of primary amides is 1. The molecule has 0 fully saturated rings. The van der Waals surface area contributed by atoms with E-state index in [0.717, 1.165) is 6.04 Å². The number of nitrogens with one attached hydrogen (secondary N) is 1. The smallest absolute Gasteiger partial charge is 0.254 e. The lowest BCUT2D eigenvalue weighted by Gasteiger charge is -2.15. The molecular formula is C14H22N6O2Si. The Morgan fingerprint density at radius 2 is 2.17 bits per heavy atom. The van der Waals surface area contributed by atoms with Crippen molar-refractivity contribution in [2.24, 2.45) is 5.73 Å². The fraction of sp³-hybridized carbons (Fsp3) is 0.429. The maximum absolute atomic E-state index is 11.5. The molecule has 23 heavy (non-hydrogen) atoms. The number of hydrogen-bond donors (Lipinski definition) is 2. The van der Waals surface area contributed by atoms with Crippen molar-refractivity contribution in [3.8, 4) is 0 Å².